The number of rotatable bonds is 3. The Hall–Kier alpha value is -3.74. The van der Waals surface area contributed by atoms with Crippen molar-refractivity contribution in [3.05, 3.63) is 71.3 Å². The van der Waals surface area contributed by atoms with E-state index in [2.05, 4.69) is 15.0 Å². The van der Waals surface area contributed by atoms with Crippen LogP contribution in [0.25, 0.3) is 28.2 Å². The molecule has 4 aromatic rings. The third-order valence-electron chi connectivity index (χ3n) is 4.00. The molecule has 2 N–H and O–H groups in total. The number of hydrogen-bond donors (Lipinski definition) is 1. The Bertz CT molecular complexity index is 1140. The Labute approximate surface area is 148 Å². The van der Waals surface area contributed by atoms with Crippen LogP contribution >= 0.6 is 0 Å². The predicted molar refractivity (Wildman–Crippen MR) is 99.3 cm³/mol. The molecule has 0 bridgehead atoms. The molecule has 0 atom stereocenters. The van der Waals surface area contributed by atoms with E-state index in [-0.39, 0.29) is 5.56 Å². The standard InChI is InChI=1S/C19H15N5O2/c1-26-15-8-6-14(7-9-15)24-17(25)11-21-16-10-22-18(23-19(16)24)12-2-4-13(20)5-3-12/h2-11H,20H2,1H3. The molecule has 0 saturated heterocycles. The van der Waals surface area contributed by atoms with Gasteiger partial charge in [0.25, 0.3) is 5.56 Å². The van der Waals surface area contributed by atoms with Gasteiger partial charge in [0.05, 0.1) is 25.2 Å². The van der Waals surface area contributed by atoms with Crippen LogP contribution in [0.1, 0.15) is 0 Å². The molecule has 0 unspecified atom stereocenters. The molecule has 2 heterocycles. The van der Waals surface area contributed by atoms with Gasteiger partial charge in [-0.25, -0.2) is 15.0 Å². The molecule has 0 aliphatic carbocycles. The molecule has 0 aliphatic heterocycles. The topological polar surface area (TPSA) is 95.9 Å². The van der Waals surface area contributed by atoms with Gasteiger partial charge in [-0.05, 0) is 48.5 Å². The van der Waals surface area contributed by atoms with Crippen LogP contribution in [0.2, 0.25) is 0 Å². The maximum Gasteiger partial charge on any atom is 0.275 e. The molecule has 2 aromatic carbocycles. The Morgan fingerprint density at radius 3 is 2.38 bits per heavy atom. The average molecular weight is 345 g/mol. The van der Waals surface area contributed by atoms with Gasteiger partial charge in [0.15, 0.2) is 11.5 Å². The summed E-state index contributed by atoms with van der Waals surface area (Å²) in [5.74, 6) is 1.20. The van der Waals surface area contributed by atoms with E-state index in [0.29, 0.717) is 34.1 Å². The summed E-state index contributed by atoms with van der Waals surface area (Å²) in [6, 6.07) is 14.4. The number of anilines is 1. The molecule has 2 aromatic heterocycles. The van der Waals surface area contributed by atoms with Crippen molar-refractivity contribution in [2.75, 3.05) is 12.8 Å². The molecule has 128 valence electrons. The van der Waals surface area contributed by atoms with Crippen LogP contribution < -0.4 is 16.0 Å². The average Bonchev–Trinajstić information content (AvgIpc) is 2.68. The monoisotopic (exact) mass is 345 g/mol. The molecule has 0 saturated carbocycles. The van der Waals surface area contributed by atoms with Crippen molar-refractivity contribution in [1.29, 1.82) is 0 Å². The Kier molecular flexibility index (Phi) is 3.81. The summed E-state index contributed by atoms with van der Waals surface area (Å²) >= 11 is 0. The summed E-state index contributed by atoms with van der Waals surface area (Å²) in [7, 11) is 1.59. The molecule has 7 nitrogen and oxygen atoms in total. The zero-order valence-electron chi connectivity index (χ0n) is 14.0. The van der Waals surface area contributed by atoms with E-state index >= 15 is 0 Å². The first-order valence-corrected chi connectivity index (χ1v) is 7.91. The number of nitrogen functional groups attached to an aromatic ring is 1. The molecule has 0 fully saturated rings. The number of fused-ring (bicyclic) bond motifs is 1. The van der Waals surface area contributed by atoms with Crippen LogP contribution in [0.3, 0.4) is 0 Å². The van der Waals surface area contributed by atoms with E-state index in [1.165, 1.54) is 10.8 Å². The predicted octanol–water partition coefficient (Wildman–Crippen LogP) is 2.43. The lowest BCUT2D eigenvalue weighted by Gasteiger charge is -2.10. The van der Waals surface area contributed by atoms with Gasteiger partial charge in [-0.1, -0.05) is 0 Å². The van der Waals surface area contributed by atoms with Crippen LogP contribution in [0, 0.1) is 0 Å². The highest BCUT2D eigenvalue weighted by Gasteiger charge is 2.11. The highest BCUT2D eigenvalue weighted by molar-refractivity contribution is 5.74. The zero-order chi connectivity index (χ0) is 18.1. The second kappa shape index (κ2) is 6.29. The minimum atomic E-state index is -0.273. The van der Waals surface area contributed by atoms with Crippen LogP contribution in [-0.4, -0.2) is 26.6 Å². The zero-order valence-corrected chi connectivity index (χ0v) is 14.0. The van der Waals surface area contributed by atoms with Gasteiger partial charge in [0.2, 0.25) is 0 Å². The van der Waals surface area contributed by atoms with Gasteiger partial charge in [-0.3, -0.25) is 9.36 Å². The molecular formula is C19H15N5O2. The van der Waals surface area contributed by atoms with Crippen molar-refractivity contribution in [1.82, 2.24) is 19.5 Å². The highest BCUT2D eigenvalue weighted by atomic mass is 16.5. The third kappa shape index (κ3) is 2.75. The third-order valence-corrected chi connectivity index (χ3v) is 4.00. The first-order chi connectivity index (χ1) is 12.7. The Balaban J connectivity index is 1.93. The number of nitrogens with two attached hydrogens (primary N) is 1. The van der Waals surface area contributed by atoms with Gasteiger partial charge >= 0.3 is 0 Å². The maximum atomic E-state index is 12.5. The summed E-state index contributed by atoms with van der Waals surface area (Å²) in [4.78, 5) is 25.5. The minimum absolute atomic E-state index is 0.273. The highest BCUT2D eigenvalue weighted by Crippen LogP contribution is 2.20. The molecule has 0 aliphatic rings. The summed E-state index contributed by atoms with van der Waals surface area (Å²) in [5, 5.41) is 0. The molecule has 0 spiro atoms. The largest absolute Gasteiger partial charge is 0.497 e. The van der Waals surface area contributed by atoms with Crippen molar-refractivity contribution >= 4 is 16.9 Å². The van der Waals surface area contributed by atoms with Gasteiger partial charge < -0.3 is 10.5 Å². The fourth-order valence-corrected chi connectivity index (χ4v) is 2.66. The summed E-state index contributed by atoms with van der Waals surface area (Å²) < 4.78 is 6.68. The molecule has 0 radical (unpaired) electrons. The van der Waals surface area contributed by atoms with Gasteiger partial charge in [0.1, 0.15) is 11.3 Å². The maximum absolute atomic E-state index is 12.5. The lowest BCUT2D eigenvalue weighted by Crippen LogP contribution is -2.19. The summed E-state index contributed by atoms with van der Waals surface area (Å²) in [6.45, 7) is 0. The Morgan fingerprint density at radius 1 is 0.962 bits per heavy atom. The lowest BCUT2D eigenvalue weighted by molar-refractivity contribution is 0.414. The first-order valence-electron chi connectivity index (χ1n) is 7.91. The van der Waals surface area contributed by atoms with E-state index in [1.54, 1.807) is 49.7 Å². The van der Waals surface area contributed by atoms with Crippen LogP contribution in [0.15, 0.2) is 65.7 Å². The van der Waals surface area contributed by atoms with Crippen LogP contribution in [0.5, 0.6) is 5.75 Å². The number of hydrogen-bond acceptors (Lipinski definition) is 6. The van der Waals surface area contributed by atoms with E-state index in [4.69, 9.17) is 10.5 Å². The second-order valence-corrected chi connectivity index (χ2v) is 5.65. The number of aromatic nitrogens is 4. The van der Waals surface area contributed by atoms with Crippen molar-refractivity contribution in [2.24, 2.45) is 0 Å². The van der Waals surface area contributed by atoms with E-state index in [0.717, 1.165) is 5.56 Å². The molecule has 7 heteroatoms. The lowest BCUT2D eigenvalue weighted by atomic mass is 10.2. The Morgan fingerprint density at radius 2 is 1.69 bits per heavy atom. The van der Waals surface area contributed by atoms with E-state index in [9.17, 15) is 4.79 Å². The fraction of sp³-hybridized carbons (Fsp3) is 0.0526. The van der Waals surface area contributed by atoms with Crippen molar-refractivity contribution in [3.8, 4) is 22.8 Å². The SMILES string of the molecule is COc1ccc(-n2c(=O)cnc3cnc(-c4ccc(N)cc4)nc32)cc1. The number of methoxy groups -OCH3 is 1. The smallest absolute Gasteiger partial charge is 0.275 e. The molecular weight excluding hydrogens is 330 g/mol. The quantitative estimate of drug-likeness (QED) is 0.573. The van der Waals surface area contributed by atoms with Crippen LogP contribution in [0.4, 0.5) is 5.69 Å². The number of benzene rings is 2. The van der Waals surface area contributed by atoms with Gasteiger partial charge in [-0.15, -0.1) is 0 Å². The normalized spacial score (nSPS) is 10.8. The molecule has 26 heavy (non-hydrogen) atoms. The molecule has 0 amide bonds. The van der Waals surface area contributed by atoms with Crippen molar-refractivity contribution < 1.29 is 4.74 Å². The second-order valence-electron chi connectivity index (χ2n) is 5.65. The van der Waals surface area contributed by atoms with E-state index < -0.39 is 0 Å². The van der Waals surface area contributed by atoms with Crippen molar-refractivity contribution in [2.45, 2.75) is 0 Å². The number of nitrogens with zero attached hydrogens (tertiary/aromatic N) is 4. The van der Waals surface area contributed by atoms with Gasteiger partial charge in [-0.2, -0.15) is 0 Å². The van der Waals surface area contributed by atoms with Crippen LogP contribution in [-0.2, 0) is 0 Å². The summed E-state index contributed by atoms with van der Waals surface area (Å²) in [5.41, 5.74) is 8.56. The fourth-order valence-electron chi connectivity index (χ4n) is 2.66. The minimum Gasteiger partial charge on any atom is -0.497 e. The first kappa shape index (κ1) is 15.8. The van der Waals surface area contributed by atoms with Gasteiger partial charge in [0, 0.05) is 11.3 Å². The summed E-state index contributed by atoms with van der Waals surface area (Å²) in [6.07, 6.45) is 2.87. The van der Waals surface area contributed by atoms with E-state index in [1.807, 2.05) is 12.1 Å². The van der Waals surface area contributed by atoms with Crippen molar-refractivity contribution in [3.63, 3.8) is 0 Å². The molecule has 4 rings (SSSR count). The number of ether oxygens (including phenoxy) is 1.